The number of aliphatic hydroxyl groups is 3. The van der Waals surface area contributed by atoms with Crippen molar-refractivity contribution in [3.63, 3.8) is 0 Å². The van der Waals surface area contributed by atoms with E-state index in [1.54, 1.807) is 0 Å². The van der Waals surface area contributed by atoms with Gasteiger partial charge in [0.05, 0.1) is 11.3 Å². The standard InChI is InChI=1S/C12H12O6/c13-6-2-9(16)11(10(17)3-6)12(18)4-7(14)1-8(15)5-12/h1-4,13-18H,5H2. The quantitative estimate of drug-likeness (QED) is 0.447. The average Bonchev–Trinajstić information content (AvgIpc) is 2.11. The number of allylic oxidation sites excluding steroid dienone is 1. The Morgan fingerprint density at radius 1 is 0.944 bits per heavy atom. The second-order valence-electron chi connectivity index (χ2n) is 4.16. The normalized spacial score (nSPS) is 23.4. The van der Waals surface area contributed by atoms with E-state index in [2.05, 4.69) is 0 Å². The van der Waals surface area contributed by atoms with Crippen LogP contribution < -0.4 is 0 Å². The molecule has 1 unspecified atom stereocenters. The molecular weight excluding hydrogens is 240 g/mol. The van der Waals surface area contributed by atoms with E-state index in [-0.39, 0.29) is 23.5 Å². The van der Waals surface area contributed by atoms with Crippen molar-refractivity contribution in [2.24, 2.45) is 0 Å². The van der Waals surface area contributed by atoms with Gasteiger partial charge in [0.1, 0.15) is 28.6 Å². The number of aromatic hydroxyl groups is 3. The van der Waals surface area contributed by atoms with Crippen molar-refractivity contribution in [1.82, 2.24) is 0 Å². The van der Waals surface area contributed by atoms with E-state index in [0.29, 0.717) is 0 Å². The van der Waals surface area contributed by atoms with Gasteiger partial charge in [-0.1, -0.05) is 0 Å². The molecule has 0 aromatic heterocycles. The van der Waals surface area contributed by atoms with Crippen LogP contribution in [0, 0.1) is 0 Å². The first-order chi connectivity index (χ1) is 8.32. The zero-order valence-corrected chi connectivity index (χ0v) is 9.20. The number of phenolic OH excluding ortho intramolecular Hbond substituents is 3. The molecule has 0 bridgehead atoms. The molecule has 0 spiro atoms. The molecule has 0 aliphatic heterocycles. The second-order valence-corrected chi connectivity index (χ2v) is 4.16. The summed E-state index contributed by atoms with van der Waals surface area (Å²) in [6.45, 7) is 0. The topological polar surface area (TPSA) is 121 Å². The molecule has 0 heterocycles. The molecule has 1 atom stereocenters. The van der Waals surface area contributed by atoms with Crippen LogP contribution in [0.5, 0.6) is 17.2 Å². The van der Waals surface area contributed by atoms with Gasteiger partial charge in [0.15, 0.2) is 0 Å². The third-order valence-electron chi connectivity index (χ3n) is 2.67. The molecule has 18 heavy (non-hydrogen) atoms. The number of benzene rings is 1. The molecule has 1 aromatic rings. The van der Waals surface area contributed by atoms with Crippen molar-refractivity contribution >= 4 is 0 Å². The molecule has 6 heteroatoms. The number of hydrogen-bond acceptors (Lipinski definition) is 6. The van der Waals surface area contributed by atoms with Gasteiger partial charge in [0.25, 0.3) is 0 Å². The van der Waals surface area contributed by atoms with Crippen molar-refractivity contribution in [2.75, 3.05) is 0 Å². The maximum Gasteiger partial charge on any atom is 0.129 e. The largest absolute Gasteiger partial charge is 0.512 e. The molecule has 1 aliphatic carbocycles. The summed E-state index contributed by atoms with van der Waals surface area (Å²) in [7, 11) is 0. The fourth-order valence-corrected chi connectivity index (χ4v) is 2.04. The van der Waals surface area contributed by atoms with Crippen LogP contribution in [-0.2, 0) is 5.60 Å². The van der Waals surface area contributed by atoms with Gasteiger partial charge in [-0.3, -0.25) is 0 Å². The van der Waals surface area contributed by atoms with Gasteiger partial charge in [-0.2, -0.15) is 0 Å². The van der Waals surface area contributed by atoms with Crippen molar-refractivity contribution in [1.29, 1.82) is 0 Å². The Morgan fingerprint density at radius 3 is 2.00 bits per heavy atom. The Balaban J connectivity index is 2.59. The predicted octanol–water partition coefficient (Wildman–Crippen LogP) is 1.28. The van der Waals surface area contributed by atoms with Crippen LogP contribution in [0.1, 0.15) is 12.0 Å². The molecule has 6 nitrogen and oxygen atoms in total. The molecule has 0 amide bonds. The molecule has 6 N–H and O–H groups in total. The minimum absolute atomic E-state index is 0.300. The van der Waals surface area contributed by atoms with Gasteiger partial charge in [-0.05, 0) is 6.08 Å². The van der Waals surface area contributed by atoms with E-state index in [9.17, 15) is 30.6 Å². The highest BCUT2D eigenvalue weighted by atomic mass is 16.3. The molecule has 0 fully saturated rings. The Bertz CT molecular complexity index is 537. The maximum absolute atomic E-state index is 10.3. The Labute approximate surface area is 102 Å². The molecule has 1 aromatic carbocycles. The van der Waals surface area contributed by atoms with Gasteiger partial charge in [0.2, 0.25) is 0 Å². The van der Waals surface area contributed by atoms with E-state index in [1.807, 2.05) is 0 Å². The first-order valence-electron chi connectivity index (χ1n) is 5.11. The first kappa shape index (κ1) is 12.1. The number of hydrogen-bond donors (Lipinski definition) is 6. The van der Waals surface area contributed by atoms with Crippen LogP contribution >= 0.6 is 0 Å². The average molecular weight is 252 g/mol. The monoisotopic (exact) mass is 252 g/mol. The zero-order chi connectivity index (χ0) is 13.5. The molecule has 1 aliphatic rings. The third kappa shape index (κ3) is 1.93. The highest BCUT2D eigenvalue weighted by Gasteiger charge is 2.37. The lowest BCUT2D eigenvalue weighted by atomic mass is 9.85. The lowest BCUT2D eigenvalue weighted by Crippen LogP contribution is -2.26. The summed E-state index contributed by atoms with van der Waals surface area (Å²) in [6.07, 6.45) is 1.71. The van der Waals surface area contributed by atoms with Gasteiger partial charge < -0.3 is 30.6 Å². The lowest BCUT2D eigenvalue weighted by molar-refractivity contribution is 0.0652. The van der Waals surface area contributed by atoms with Gasteiger partial charge in [-0.15, -0.1) is 0 Å². The first-order valence-corrected chi connectivity index (χ1v) is 5.11. The molecule has 2 rings (SSSR count). The summed E-state index contributed by atoms with van der Waals surface area (Å²) in [5, 5.41) is 57.6. The molecule has 0 saturated heterocycles. The van der Waals surface area contributed by atoms with E-state index >= 15 is 0 Å². The Hall–Kier alpha value is -2.34. The minimum Gasteiger partial charge on any atom is -0.512 e. The van der Waals surface area contributed by atoms with Gasteiger partial charge >= 0.3 is 0 Å². The van der Waals surface area contributed by atoms with Crippen LogP contribution in [0.25, 0.3) is 0 Å². The molecule has 0 radical (unpaired) electrons. The summed E-state index contributed by atoms with van der Waals surface area (Å²) in [6, 6.07) is 1.88. The van der Waals surface area contributed by atoms with Crippen molar-refractivity contribution in [3.8, 4) is 17.2 Å². The van der Waals surface area contributed by atoms with Crippen molar-refractivity contribution < 1.29 is 30.6 Å². The van der Waals surface area contributed by atoms with E-state index in [1.165, 1.54) is 0 Å². The van der Waals surface area contributed by atoms with Gasteiger partial charge in [-0.25, -0.2) is 0 Å². The van der Waals surface area contributed by atoms with Crippen LogP contribution in [0.15, 0.2) is 35.8 Å². The number of phenols is 3. The zero-order valence-electron chi connectivity index (χ0n) is 9.20. The minimum atomic E-state index is -1.95. The summed E-state index contributed by atoms with van der Waals surface area (Å²) in [5.74, 6) is -2.17. The van der Waals surface area contributed by atoms with Crippen LogP contribution in [0.2, 0.25) is 0 Å². The summed E-state index contributed by atoms with van der Waals surface area (Å²) in [4.78, 5) is 0. The van der Waals surface area contributed by atoms with Gasteiger partial charge in [0, 0.05) is 24.6 Å². The maximum atomic E-state index is 10.3. The van der Waals surface area contributed by atoms with E-state index in [0.717, 1.165) is 24.3 Å². The second kappa shape index (κ2) is 3.85. The SMILES string of the molecule is OC1=CC(O)(c2c(O)cc(O)cc2O)CC(O)=C1. The van der Waals surface area contributed by atoms with E-state index < -0.39 is 22.9 Å². The number of rotatable bonds is 1. The predicted molar refractivity (Wildman–Crippen MR) is 61.4 cm³/mol. The summed E-state index contributed by atoms with van der Waals surface area (Å²) >= 11 is 0. The Morgan fingerprint density at radius 2 is 1.50 bits per heavy atom. The van der Waals surface area contributed by atoms with Crippen LogP contribution in [0.3, 0.4) is 0 Å². The van der Waals surface area contributed by atoms with Crippen LogP contribution in [0.4, 0.5) is 0 Å². The summed E-state index contributed by atoms with van der Waals surface area (Å²) in [5.41, 5.74) is -2.25. The molecular formula is C12H12O6. The highest BCUT2D eigenvalue weighted by molar-refractivity contribution is 5.54. The van der Waals surface area contributed by atoms with E-state index in [4.69, 9.17) is 0 Å². The fraction of sp³-hybridized carbons (Fsp3) is 0.167. The van der Waals surface area contributed by atoms with Crippen LogP contribution in [-0.4, -0.2) is 30.6 Å². The third-order valence-corrected chi connectivity index (χ3v) is 2.67. The Kier molecular flexibility index (Phi) is 2.59. The summed E-state index contributed by atoms with van der Waals surface area (Å²) < 4.78 is 0. The lowest BCUT2D eigenvalue weighted by Gasteiger charge is -2.28. The molecule has 0 saturated carbocycles. The number of aliphatic hydroxyl groups excluding tert-OH is 2. The fourth-order valence-electron chi connectivity index (χ4n) is 2.04. The smallest absolute Gasteiger partial charge is 0.129 e. The van der Waals surface area contributed by atoms with Crippen molar-refractivity contribution in [3.05, 3.63) is 41.4 Å². The van der Waals surface area contributed by atoms with Crippen molar-refractivity contribution in [2.45, 2.75) is 12.0 Å². The highest BCUT2D eigenvalue weighted by Crippen LogP contribution is 2.44. The molecule has 96 valence electrons.